The summed E-state index contributed by atoms with van der Waals surface area (Å²) >= 11 is 1.29. The average Bonchev–Trinajstić information content (AvgIpc) is 3.33. The molecule has 0 aliphatic heterocycles. The number of fused-ring (bicyclic) bond motifs is 1. The van der Waals surface area contributed by atoms with E-state index in [0.29, 0.717) is 34.0 Å². The smallest absolute Gasteiger partial charge is 0.347 e. The van der Waals surface area contributed by atoms with Gasteiger partial charge in [-0.25, -0.2) is 15.0 Å². The third kappa shape index (κ3) is 6.37. The van der Waals surface area contributed by atoms with Crippen LogP contribution in [0.15, 0.2) is 53.6 Å². The van der Waals surface area contributed by atoms with Crippen molar-refractivity contribution in [3.8, 4) is 11.5 Å². The summed E-state index contributed by atoms with van der Waals surface area (Å²) in [5.74, 6) is -2.57. The van der Waals surface area contributed by atoms with Crippen LogP contribution >= 0.6 is 11.3 Å². The van der Waals surface area contributed by atoms with Crippen LogP contribution in [0.3, 0.4) is 0 Å². The van der Waals surface area contributed by atoms with E-state index in [1.54, 1.807) is 62.4 Å². The molecule has 1 heterocycles. The van der Waals surface area contributed by atoms with Crippen molar-refractivity contribution in [1.29, 1.82) is 0 Å². The third-order valence-electron chi connectivity index (χ3n) is 6.22. The monoisotopic (exact) mass is 563 g/mol. The van der Waals surface area contributed by atoms with Crippen molar-refractivity contribution in [2.45, 2.75) is 39.5 Å². The van der Waals surface area contributed by atoms with E-state index in [2.05, 4.69) is 15.8 Å². The highest BCUT2D eigenvalue weighted by atomic mass is 32.1. The van der Waals surface area contributed by atoms with Gasteiger partial charge in [0.05, 0.1) is 25.0 Å². The van der Waals surface area contributed by atoms with Gasteiger partial charge >= 0.3 is 23.8 Å². The fourth-order valence-electron chi connectivity index (χ4n) is 4.30. The Morgan fingerprint density at radius 2 is 1.57 bits per heavy atom. The van der Waals surface area contributed by atoms with E-state index in [9.17, 15) is 19.2 Å². The number of carbonyl (C=O) groups is 4. The molecule has 1 aromatic heterocycles. The number of amides is 2. The van der Waals surface area contributed by atoms with Crippen LogP contribution in [-0.4, -0.2) is 43.2 Å². The number of ether oxygens (including phenoxy) is 3. The summed E-state index contributed by atoms with van der Waals surface area (Å²) in [6, 6.07) is 13.3. The number of para-hydroxylation sites is 2. The number of nitrogens with zero attached hydrogens (tertiary/aromatic N) is 1. The van der Waals surface area contributed by atoms with Crippen LogP contribution in [0.1, 0.15) is 63.4 Å². The Kier molecular flexibility index (Phi) is 9.28. The maximum absolute atomic E-state index is 12.8. The normalized spacial score (nSPS) is 12.6. The molecule has 2 amide bonds. The number of esters is 2. The van der Waals surface area contributed by atoms with Gasteiger partial charge in [0.25, 0.3) is 0 Å². The molecule has 10 nitrogen and oxygen atoms in total. The lowest BCUT2D eigenvalue weighted by atomic mass is 9.95. The van der Waals surface area contributed by atoms with E-state index < -0.39 is 23.8 Å². The molecular weight excluding hydrogens is 534 g/mol. The molecule has 1 aliphatic rings. The number of rotatable bonds is 8. The Balaban J connectivity index is 1.47. The molecular formula is C29H29N3O7S. The molecule has 11 heteroatoms. The molecule has 0 saturated heterocycles. The number of hydrogen-bond donors (Lipinski definition) is 2. The van der Waals surface area contributed by atoms with Crippen molar-refractivity contribution in [2.75, 3.05) is 19.0 Å². The molecule has 2 aromatic carbocycles. The number of benzene rings is 2. The van der Waals surface area contributed by atoms with Gasteiger partial charge in [0.15, 0.2) is 0 Å². The fourth-order valence-corrected chi connectivity index (χ4v) is 5.57. The molecule has 4 rings (SSSR count). The fraction of sp³-hybridized carbons (Fsp3) is 0.276. The van der Waals surface area contributed by atoms with Crippen LogP contribution in [0, 0.1) is 0 Å². The largest absolute Gasteiger partial charge is 0.496 e. The van der Waals surface area contributed by atoms with Crippen molar-refractivity contribution >= 4 is 45.8 Å². The molecule has 40 heavy (non-hydrogen) atoms. The highest BCUT2D eigenvalue weighted by Gasteiger charge is 2.28. The Morgan fingerprint density at radius 3 is 2.30 bits per heavy atom. The van der Waals surface area contributed by atoms with Crippen LogP contribution in [-0.2, 0) is 27.2 Å². The van der Waals surface area contributed by atoms with Crippen LogP contribution in [0.25, 0.3) is 0 Å². The van der Waals surface area contributed by atoms with Gasteiger partial charge in [0, 0.05) is 10.4 Å². The van der Waals surface area contributed by atoms with E-state index in [4.69, 9.17) is 14.2 Å². The summed E-state index contributed by atoms with van der Waals surface area (Å²) in [5, 5.41) is 6.88. The molecule has 3 aromatic rings. The van der Waals surface area contributed by atoms with Gasteiger partial charge < -0.3 is 19.5 Å². The van der Waals surface area contributed by atoms with Crippen molar-refractivity contribution in [1.82, 2.24) is 5.43 Å². The van der Waals surface area contributed by atoms with Crippen molar-refractivity contribution < 1.29 is 33.4 Å². The first-order valence-corrected chi connectivity index (χ1v) is 13.6. The lowest BCUT2D eigenvalue weighted by Crippen LogP contribution is -2.33. The Bertz CT molecular complexity index is 1480. The summed E-state index contributed by atoms with van der Waals surface area (Å²) in [6.07, 6.45) is 3.45. The van der Waals surface area contributed by atoms with Crippen molar-refractivity contribution in [2.24, 2.45) is 5.10 Å². The zero-order chi connectivity index (χ0) is 28.6. The minimum atomic E-state index is -1.02. The zero-order valence-corrected chi connectivity index (χ0v) is 23.2. The highest BCUT2D eigenvalue weighted by Crippen LogP contribution is 2.38. The van der Waals surface area contributed by atoms with Gasteiger partial charge in [-0.1, -0.05) is 24.3 Å². The molecule has 0 unspecified atom stereocenters. The molecule has 0 bridgehead atoms. The van der Waals surface area contributed by atoms with Gasteiger partial charge in [0.2, 0.25) is 0 Å². The van der Waals surface area contributed by atoms with Gasteiger partial charge in [-0.2, -0.15) is 5.10 Å². The number of anilines is 1. The molecule has 0 atom stereocenters. The number of methoxy groups -OCH3 is 1. The molecule has 0 spiro atoms. The summed E-state index contributed by atoms with van der Waals surface area (Å²) in [4.78, 5) is 51.8. The zero-order valence-electron chi connectivity index (χ0n) is 22.4. The Hall–Kier alpha value is -4.51. The van der Waals surface area contributed by atoms with Crippen molar-refractivity contribution in [3.05, 3.63) is 75.7 Å². The lowest BCUT2D eigenvalue weighted by Gasteiger charge is -2.12. The van der Waals surface area contributed by atoms with Gasteiger partial charge in [-0.15, -0.1) is 11.3 Å². The summed E-state index contributed by atoms with van der Waals surface area (Å²) in [5.41, 5.74) is 4.39. The number of thiophene rings is 1. The first-order valence-electron chi connectivity index (χ1n) is 12.8. The van der Waals surface area contributed by atoms with Gasteiger partial charge in [-0.3, -0.25) is 9.59 Å². The van der Waals surface area contributed by atoms with E-state index in [1.807, 2.05) is 0 Å². The van der Waals surface area contributed by atoms with E-state index in [1.165, 1.54) is 18.4 Å². The summed E-state index contributed by atoms with van der Waals surface area (Å²) in [6.45, 7) is 3.50. The molecule has 0 fully saturated rings. The first-order chi connectivity index (χ1) is 19.3. The maximum Gasteiger partial charge on any atom is 0.347 e. The number of carbonyl (C=O) groups excluding carboxylic acids is 4. The minimum Gasteiger partial charge on any atom is -0.496 e. The molecule has 0 saturated carbocycles. The van der Waals surface area contributed by atoms with Crippen LogP contribution in [0.2, 0.25) is 0 Å². The molecule has 208 valence electrons. The number of hydrazone groups is 1. The predicted octanol–water partition coefficient (Wildman–Crippen LogP) is 4.51. The van der Waals surface area contributed by atoms with Crippen LogP contribution < -0.4 is 20.2 Å². The highest BCUT2D eigenvalue weighted by molar-refractivity contribution is 7.17. The van der Waals surface area contributed by atoms with E-state index in [0.717, 1.165) is 29.7 Å². The maximum atomic E-state index is 12.8. The number of aryl methyl sites for hydroxylation is 1. The summed E-state index contributed by atoms with van der Waals surface area (Å²) in [7, 11) is 1.46. The Labute approximate surface area is 235 Å². The minimum absolute atomic E-state index is 0.195. The second-order valence-electron chi connectivity index (χ2n) is 8.81. The standard InChI is InChI=1S/C29H29N3O7S/c1-4-38-29(36)24-20-13-7-10-16-23(20)40-27(24)30-25(33)26(34)32-31-17(2)18-11-5-9-15-22(18)39-28(35)19-12-6-8-14-21(19)37-3/h5-6,8-9,11-12,14-15H,4,7,10,13,16H2,1-3H3,(H,30,33)(H,32,34)/b31-17+. The van der Waals surface area contributed by atoms with Gasteiger partial charge in [0.1, 0.15) is 22.1 Å². The van der Waals surface area contributed by atoms with Crippen LogP contribution in [0.4, 0.5) is 5.00 Å². The molecule has 1 aliphatic carbocycles. The molecule has 0 radical (unpaired) electrons. The van der Waals surface area contributed by atoms with Crippen LogP contribution in [0.5, 0.6) is 11.5 Å². The average molecular weight is 564 g/mol. The quantitative estimate of drug-likeness (QED) is 0.135. The first kappa shape index (κ1) is 28.5. The second-order valence-corrected chi connectivity index (χ2v) is 9.92. The second kappa shape index (κ2) is 13.0. The third-order valence-corrected chi connectivity index (χ3v) is 7.42. The Morgan fingerprint density at radius 1 is 0.900 bits per heavy atom. The lowest BCUT2D eigenvalue weighted by molar-refractivity contribution is -0.136. The topological polar surface area (TPSA) is 132 Å². The summed E-state index contributed by atoms with van der Waals surface area (Å²) < 4.78 is 16.0. The van der Waals surface area contributed by atoms with Crippen molar-refractivity contribution in [3.63, 3.8) is 0 Å². The van der Waals surface area contributed by atoms with E-state index >= 15 is 0 Å². The van der Waals surface area contributed by atoms with E-state index in [-0.39, 0.29) is 17.9 Å². The van der Waals surface area contributed by atoms with Gasteiger partial charge in [-0.05, 0) is 69.4 Å². The molecule has 2 N–H and O–H groups in total. The predicted molar refractivity (Wildman–Crippen MR) is 150 cm³/mol. The number of nitrogens with one attached hydrogen (secondary N) is 2. The number of hydrogen-bond acceptors (Lipinski definition) is 9. The SMILES string of the molecule is CCOC(=O)c1c(NC(=O)C(=O)N/N=C(\C)c2ccccc2OC(=O)c2ccccc2OC)sc2c1CCCC2.